The summed E-state index contributed by atoms with van der Waals surface area (Å²) in [6.45, 7) is -0.227. The van der Waals surface area contributed by atoms with Crippen molar-refractivity contribution in [3.05, 3.63) is 0 Å². The molecule has 0 fully saturated rings. The minimum Gasteiger partial charge on any atom is -0.480 e. The van der Waals surface area contributed by atoms with E-state index in [1.807, 2.05) is 5.32 Å². The first-order valence-electron chi connectivity index (χ1n) is 8.57. The third kappa shape index (κ3) is 10.7. The number of hydrogen-bond acceptors (Lipinski definition) is 8. The molecular formula is C15H28N6O6S. The van der Waals surface area contributed by atoms with E-state index in [1.54, 1.807) is 0 Å². The lowest BCUT2D eigenvalue weighted by molar-refractivity contribution is -0.138. The number of aliphatic carboxylic acids is 1. The number of amides is 4. The summed E-state index contributed by atoms with van der Waals surface area (Å²) in [4.78, 5) is 58.1. The molecule has 0 aromatic rings. The molecule has 3 atom stereocenters. The quantitative estimate of drug-likeness (QED) is 0.103. The van der Waals surface area contributed by atoms with E-state index in [1.165, 1.54) is 0 Å². The van der Waals surface area contributed by atoms with E-state index in [0.29, 0.717) is 25.8 Å². The number of thiol groups is 1. The van der Waals surface area contributed by atoms with Gasteiger partial charge in [0.25, 0.3) is 0 Å². The van der Waals surface area contributed by atoms with Crippen molar-refractivity contribution in [3.8, 4) is 0 Å². The minimum absolute atomic E-state index is 0.104. The summed E-state index contributed by atoms with van der Waals surface area (Å²) >= 11 is 3.99. The molecule has 4 amide bonds. The molecule has 0 bridgehead atoms. The second-order valence-corrected chi connectivity index (χ2v) is 6.34. The third-order valence-electron chi connectivity index (χ3n) is 3.57. The summed E-state index contributed by atoms with van der Waals surface area (Å²) in [5.74, 6) is -4.57. The van der Waals surface area contributed by atoms with Crippen LogP contribution in [0.5, 0.6) is 0 Å². The van der Waals surface area contributed by atoms with Crippen LogP contribution >= 0.6 is 12.6 Å². The van der Waals surface area contributed by atoms with Crippen LogP contribution in [-0.4, -0.2) is 71.7 Å². The number of rotatable bonds is 14. The lowest BCUT2D eigenvalue weighted by atomic mass is 10.1. The molecule has 3 unspecified atom stereocenters. The van der Waals surface area contributed by atoms with Crippen LogP contribution in [0.4, 0.5) is 0 Å². The average Bonchev–Trinajstić information content (AvgIpc) is 2.62. The van der Waals surface area contributed by atoms with Gasteiger partial charge in [-0.2, -0.15) is 12.6 Å². The predicted octanol–water partition coefficient (Wildman–Crippen LogP) is -3.58. The second-order valence-electron chi connectivity index (χ2n) is 5.98. The molecular weight excluding hydrogens is 392 g/mol. The molecule has 13 heteroatoms. The summed E-state index contributed by atoms with van der Waals surface area (Å²) in [6, 6.07) is -3.37. The zero-order valence-corrected chi connectivity index (χ0v) is 16.2. The van der Waals surface area contributed by atoms with Crippen LogP contribution in [0.2, 0.25) is 0 Å². The van der Waals surface area contributed by atoms with Crippen molar-refractivity contribution in [2.75, 3.05) is 18.8 Å². The van der Waals surface area contributed by atoms with E-state index in [4.69, 9.17) is 22.3 Å². The summed E-state index contributed by atoms with van der Waals surface area (Å²) in [7, 11) is 0. The molecule has 0 aromatic heterocycles. The Morgan fingerprint density at radius 1 is 0.964 bits per heavy atom. The maximum atomic E-state index is 12.3. The topological polar surface area (TPSA) is 220 Å². The zero-order chi connectivity index (χ0) is 21.7. The summed E-state index contributed by atoms with van der Waals surface area (Å²) < 4.78 is 0. The number of unbranched alkanes of at least 4 members (excludes halogenated alkanes) is 1. The van der Waals surface area contributed by atoms with Crippen LogP contribution in [-0.2, 0) is 24.0 Å². The molecule has 0 aromatic carbocycles. The molecule has 10 N–H and O–H groups in total. The fourth-order valence-electron chi connectivity index (χ4n) is 2.08. The largest absolute Gasteiger partial charge is 0.480 e. The normalized spacial score (nSPS) is 13.7. The first-order valence-corrected chi connectivity index (χ1v) is 9.20. The number of nitrogens with two attached hydrogens (primary N) is 3. The second kappa shape index (κ2) is 13.7. The van der Waals surface area contributed by atoms with Gasteiger partial charge >= 0.3 is 5.97 Å². The number of hydrogen-bond donors (Lipinski definition) is 8. The number of carbonyl (C=O) groups is 5. The van der Waals surface area contributed by atoms with Gasteiger partial charge in [0.05, 0.1) is 12.5 Å². The van der Waals surface area contributed by atoms with Gasteiger partial charge in [-0.05, 0) is 19.4 Å². The summed E-state index contributed by atoms with van der Waals surface area (Å²) in [6.07, 6.45) is 1.18. The first kappa shape index (κ1) is 25.6. The van der Waals surface area contributed by atoms with Gasteiger partial charge < -0.3 is 38.3 Å². The monoisotopic (exact) mass is 420 g/mol. The molecule has 0 spiro atoms. The molecule has 0 aliphatic rings. The van der Waals surface area contributed by atoms with E-state index < -0.39 is 60.7 Å². The van der Waals surface area contributed by atoms with Crippen molar-refractivity contribution in [3.63, 3.8) is 0 Å². The smallest absolute Gasteiger partial charge is 0.322 e. The fourth-order valence-corrected chi connectivity index (χ4v) is 2.34. The first-order chi connectivity index (χ1) is 13.1. The number of carbonyl (C=O) groups excluding carboxylic acids is 4. The van der Waals surface area contributed by atoms with E-state index in [0.717, 1.165) is 0 Å². The summed E-state index contributed by atoms with van der Waals surface area (Å²) in [5, 5.41) is 15.3. The summed E-state index contributed by atoms with van der Waals surface area (Å²) in [5.41, 5.74) is 16.2. The van der Waals surface area contributed by atoms with Gasteiger partial charge in [0, 0.05) is 5.75 Å². The van der Waals surface area contributed by atoms with Crippen molar-refractivity contribution in [2.45, 2.75) is 43.8 Å². The highest BCUT2D eigenvalue weighted by Crippen LogP contribution is 2.01. The zero-order valence-electron chi connectivity index (χ0n) is 15.3. The van der Waals surface area contributed by atoms with Gasteiger partial charge in [0.1, 0.15) is 18.6 Å². The van der Waals surface area contributed by atoms with E-state index in [2.05, 4.69) is 23.3 Å². The Balaban J connectivity index is 4.89. The lowest BCUT2D eigenvalue weighted by Gasteiger charge is -2.22. The highest BCUT2D eigenvalue weighted by Gasteiger charge is 2.28. The highest BCUT2D eigenvalue weighted by molar-refractivity contribution is 7.80. The van der Waals surface area contributed by atoms with Crippen LogP contribution in [0.25, 0.3) is 0 Å². The van der Waals surface area contributed by atoms with Crippen LogP contribution in [0.1, 0.15) is 25.7 Å². The standard InChI is InChI=1S/C15H28N6O6S/c16-4-2-1-3-8(17)13(25)21-10(7-28)15(27)20-9(5-11(18)22)14(26)19-6-12(23)24/h8-10,28H,1-7,16-17H2,(H2,18,22)(H,19,26)(H,20,27)(H,21,25)(H,23,24). The van der Waals surface area contributed by atoms with Crippen molar-refractivity contribution < 1.29 is 29.1 Å². The molecule has 0 saturated heterocycles. The average molecular weight is 420 g/mol. The van der Waals surface area contributed by atoms with Crippen LogP contribution in [0, 0.1) is 0 Å². The number of carboxylic acids is 1. The number of nitrogens with one attached hydrogen (secondary N) is 3. The van der Waals surface area contributed by atoms with Crippen LogP contribution < -0.4 is 33.2 Å². The molecule has 0 aliphatic carbocycles. The van der Waals surface area contributed by atoms with Gasteiger partial charge in [0.15, 0.2) is 0 Å². The van der Waals surface area contributed by atoms with Crippen molar-refractivity contribution in [1.82, 2.24) is 16.0 Å². The number of carboxylic acid groups (broad SMARTS) is 1. The Hall–Kier alpha value is -2.38. The Labute approximate surface area is 167 Å². The Morgan fingerprint density at radius 2 is 1.57 bits per heavy atom. The Bertz CT molecular complexity index is 575. The van der Waals surface area contributed by atoms with Crippen molar-refractivity contribution in [1.29, 1.82) is 0 Å². The van der Waals surface area contributed by atoms with Crippen molar-refractivity contribution in [2.24, 2.45) is 17.2 Å². The molecule has 0 radical (unpaired) electrons. The van der Waals surface area contributed by atoms with Gasteiger partial charge in [0.2, 0.25) is 23.6 Å². The van der Waals surface area contributed by atoms with Crippen LogP contribution in [0.15, 0.2) is 0 Å². The van der Waals surface area contributed by atoms with E-state index in [-0.39, 0.29) is 5.75 Å². The molecule has 28 heavy (non-hydrogen) atoms. The number of primary amides is 1. The molecule has 0 aliphatic heterocycles. The third-order valence-corrected chi connectivity index (χ3v) is 3.94. The van der Waals surface area contributed by atoms with Gasteiger partial charge in [-0.1, -0.05) is 6.42 Å². The fraction of sp³-hybridized carbons (Fsp3) is 0.667. The molecule has 0 saturated carbocycles. The maximum Gasteiger partial charge on any atom is 0.322 e. The highest BCUT2D eigenvalue weighted by atomic mass is 32.1. The Morgan fingerprint density at radius 3 is 2.07 bits per heavy atom. The lowest BCUT2D eigenvalue weighted by Crippen LogP contribution is -2.57. The molecule has 0 heterocycles. The molecule has 160 valence electrons. The Kier molecular flexibility index (Phi) is 12.6. The van der Waals surface area contributed by atoms with Gasteiger partial charge in [-0.25, -0.2) is 0 Å². The van der Waals surface area contributed by atoms with Gasteiger partial charge in [-0.3, -0.25) is 24.0 Å². The predicted molar refractivity (Wildman–Crippen MR) is 103 cm³/mol. The van der Waals surface area contributed by atoms with E-state index in [9.17, 15) is 24.0 Å². The van der Waals surface area contributed by atoms with E-state index >= 15 is 0 Å². The SMILES string of the molecule is NCCCCC(N)C(=O)NC(CS)C(=O)NC(CC(N)=O)C(=O)NCC(=O)O. The van der Waals surface area contributed by atoms with Gasteiger partial charge in [-0.15, -0.1) is 0 Å². The molecule has 12 nitrogen and oxygen atoms in total. The maximum absolute atomic E-state index is 12.3. The molecule has 0 rings (SSSR count). The minimum atomic E-state index is -1.40. The van der Waals surface area contributed by atoms with Crippen LogP contribution in [0.3, 0.4) is 0 Å². The van der Waals surface area contributed by atoms with Crippen molar-refractivity contribution >= 4 is 42.2 Å².